The van der Waals surface area contributed by atoms with E-state index in [0.717, 1.165) is 12.1 Å². The van der Waals surface area contributed by atoms with Crippen LogP contribution in [0, 0.1) is 0 Å². The second-order valence-corrected chi connectivity index (χ2v) is 8.56. The van der Waals surface area contributed by atoms with E-state index in [2.05, 4.69) is 4.72 Å². The minimum absolute atomic E-state index is 0.0753. The van der Waals surface area contributed by atoms with Crippen molar-refractivity contribution in [3.63, 3.8) is 0 Å². The molecule has 0 radical (unpaired) electrons. The summed E-state index contributed by atoms with van der Waals surface area (Å²) in [5.41, 5.74) is -0.644. The predicted molar refractivity (Wildman–Crippen MR) is 105 cm³/mol. The Morgan fingerprint density at radius 1 is 1.16 bits per heavy atom. The van der Waals surface area contributed by atoms with Crippen LogP contribution < -0.4 is 9.46 Å². The molecule has 3 rings (SSSR count). The number of halogens is 3. The summed E-state index contributed by atoms with van der Waals surface area (Å²) in [6.45, 7) is 1.15. The molecule has 7 nitrogen and oxygen atoms in total. The highest BCUT2D eigenvalue weighted by molar-refractivity contribution is 7.89. The van der Waals surface area contributed by atoms with Gasteiger partial charge in [0.05, 0.1) is 36.3 Å². The molecule has 0 spiro atoms. The molecule has 0 aliphatic carbocycles. The van der Waals surface area contributed by atoms with Crippen molar-refractivity contribution in [3.05, 3.63) is 59.2 Å². The lowest BCUT2D eigenvalue weighted by Crippen LogP contribution is -2.40. The first-order chi connectivity index (χ1) is 14.6. The van der Waals surface area contributed by atoms with Crippen LogP contribution in [0.5, 0.6) is 5.75 Å². The number of morpholine rings is 1. The van der Waals surface area contributed by atoms with E-state index in [-0.39, 0.29) is 28.3 Å². The Balaban J connectivity index is 1.82. The summed E-state index contributed by atoms with van der Waals surface area (Å²) in [5, 5.41) is 0. The van der Waals surface area contributed by atoms with Crippen LogP contribution in [0.2, 0.25) is 0 Å². The molecule has 0 saturated carbocycles. The van der Waals surface area contributed by atoms with Gasteiger partial charge in [-0.2, -0.15) is 13.2 Å². The minimum atomic E-state index is -4.53. The Morgan fingerprint density at radius 3 is 2.52 bits per heavy atom. The van der Waals surface area contributed by atoms with Gasteiger partial charge in [0.15, 0.2) is 0 Å². The van der Waals surface area contributed by atoms with Crippen molar-refractivity contribution < 1.29 is 35.9 Å². The van der Waals surface area contributed by atoms with E-state index in [1.165, 1.54) is 42.3 Å². The fourth-order valence-electron chi connectivity index (χ4n) is 3.08. The number of sulfonamides is 1. The Bertz CT molecular complexity index is 1050. The van der Waals surface area contributed by atoms with Crippen LogP contribution >= 0.6 is 0 Å². The van der Waals surface area contributed by atoms with E-state index in [1.54, 1.807) is 0 Å². The number of rotatable bonds is 6. The molecule has 31 heavy (non-hydrogen) atoms. The number of carbonyl (C=O) groups excluding carboxylic acids is 1. The van der Waals surface area contributed by atoms with E-state index in [1.807, 2.05) is 0 Å². The second-order valence-electron chi connectivity index (χ2n) is 6.79. The van der Waals surface area contributed by atoms with Crippen molar-refractivity contribution in [1.29, 1.82) is 0 Å². The summed E-state index contributed by atoms with van der Waals surface area (Å²) in [6.07, 6.45) is -4.53. The number of nitrogens with one attached hydrogen (secondary N) is 1. The van der Waals surface area contributed by atoms with Crippen LogP contribution in [0.1, 0.15) is 21.5 Å². The molecular formula is C20H21F3N2O5S. The largest absolute Gasteiger partial charge is 0.496 e. The third-order valence-electron chi connectivity index (χ3n) is 4.73. The van der Waals surface area contributed by atoms with Crippen molar-refractivity contribution in [2.45, 2.75) is 17.6 Å². The lowest BCUT2D eigenvalue weighted by atomic mass is 10.1. The number of amides is 1. The van der Waals surface area contributed by atoms with Gasteiger partial charge in [-0.05, 0) is 29.8 Å². The van der Waals surface area contributed by atoms with Gasteiger partial charge in [-0.3, -0.25) is 4.79 Å². The van der Waals surface area contributed by atoms with E-state index >= 15 is 0 Å². The van der Waals surface area contributed by atoms with Crippen molar-refractivity contribution in [1.82, 2.24) is 9.62 Å². The molecule has 2 aromatic rings. The SMILES string of the molecule is COc1ccc(S(=O)(=O)NCc2cccc(C(F)(F)F)c2)cc1C(=O)N1CCOCC1. The highest BCUT2D eigenvalue weighted by Gasteiger charge is 2.30. The number of alkyl halides is 3. The molecule has 0 unspecified atom stereocenters. The Labute approximate surface area is 177 Å². The number of hydrogen-bond donors (Lipinski definition) is 1. The molecular weight excluding hydrogens is 437 g/mol. The van der Waals surface area contributed by atoms with Crippen LogP contribution in [-0.4, -0.2) is 52.6 Å². The maximum atomic E-state index is 12.9. The smallest absolute Gasteiger partial charge is 0.416 e. The van der Waals surface area contributed by atoms with Gasteiger partial charge in [0.25, 0.3) is 5.91 Å². The average Bonchev–Trinajstić information content (AvgIpc) is 2.77. The van der Waals surface area contributed by atoms with Crippen LogP contribution in [-0.2, 0) is 27.5 Å². The van der Waals surface area contributed by atoms with Gasteiger partial charge in [-0.1, -0.05) is 18.2 Å². The molecule has 1 heterocycles. The summed E-state index contributed by atoms with van der Waals surface area (Å²) in [7, 11) is -2.73. The second kappa shape index (κ2) is 9.25. The van der Waals surface area contributed by atoms with Gasteiger partial charge in [-0.15, -0.1) is 0 Å². The van der Waals surface area contributed by atoms with Crippen molar-refractivity contribution in [2.24, 2.45) is 0 Å². The number of nitrogens with zero attached hydrogens (tertiary/aromatic N) is 1. The maximum Gasteiger partial charge on any atom is 0.416 e. The topological polar surface area (TPSA) is 84.9 Å². The summed E-state index contributed by atoms with van der Waals surface area (Å²) in [4.78, 5) is 14.2. The summed E-state index contributed by atoms with van der Waals surface area (Å²) in [5.74, 6) is -0.177. The van der Waals surface area contributed by atoms with Gasteiger partial charge in [-0.25, -0.2) is 13.1 Å². The van der Waals surface area contributed by atoms with Crippen LogP contribution in [0.15, 0.2) is 47.4 Å². The van der Waals surface area contributed by atoms with Crippen molar-refractivity contribution in [2.75, 3.05) is 33.4 Å². The molecule has 1 fully saturated rings. The quantitative estimate of drug-likeness (QED) is 0.720. The van der Waals surface area contributed by atoms with E-state index in [0.29, 0.717) is 26.3 Å². The third-order valence-corrected chi connectivity index (χ3v) is 6.13. The fraction of sp³-hybridized carbons (Fsp3) is 0.350. The zero-order valence-corrected chi connectivity index (χ0v) is 17.4. The number of hydrogen-bond acceptors (Lipinski definition) is 5. The molecule has 2 aromatic carbocycles. The first kappa shape index (κ1) is 23.0. The Kier molecular flexibility index (Phi) is 6.87. The van der Waals surface area contributed by atoms with Crippen molar-refractivity contribution >= 4 is 15.9 Å². The van der Waals surface area contributed by atoms with Gasteiger partial charge in [0, 0.05) is 19.6 Å². The first-order valence-electron chi connectivity index (χ1n) is 9.32. The lowest BCUT2D eigenvalue weighted by Gasteiger charge is -2.27. The third kappa shape index (κ3) is 5.54. The monoisotopic (exact) mass is 458 g/mol. The lowest BCUT2D eigenvalue weighted by molar-refractivity contribution is -0.137. The highest BCUT2D eigenvalue weighted by atomic mass is 32.2. The Hall–Kier alpha value is -2.63. The number of ether oxygens (including phenoxy) is 2. The highest BCUT2D eigenvalue weighted by Crippen LogP contribution is 2.30. The van der Waals surface area contributed by atoms with E-state index in [9.17, 15) is 26.4 Å². The van der Waals surface area contributed by atoms with Gasteiger partial charge in [0.2, 0.25) is 10.0 Å². The molecule has 168 valence electrons. The van der Waals surface area contributed by atoms with Crippen molar-refractivity contribution in [3.8, 4) is 5.75 Å². The fourth-order valence-corrected chi connectivity index (χ4v) is 4.12. The van der Waals surface area contributed by atoms with E-state index in [4.69, 9.17) is 9.47 Å². The Morgan fingerprint density at radius 2 is 1.87 bits per heavy atom. The van der Waals surface area contributed by atoms with Crippen LogP contribution in [0.4, 0.5) is 13.2 Å². The number of carbonyl (C=O) groups is 1. The molecule has 1 saturated heterocycles. The number of benzene rings is 2. The minimum Gasteiger partial charge on any atom is -0.496 e. The van der Waals surface area contributed by atoms with Gasteiger partial charge >= 0.3 is 6.18 Å². The van der Waals surface area contributed by atoms with Gasteiger partial charge in [0.1, 0.15) is 5.75 Å². The molecule has 0 bridgehead atoms. The maximum absolute atomic E-state index is 12.9. The zero-order chi connectivity index (χ0) is 22.6. The van der Waals surface area contributed by atoms with Gasteiger partial charge < -0.3 is 14.4 Å². The summed E-state index contributed by atoms with van der Waals surface area (Å²) >= 11 is 0. The average molecular weight is 458 g/mol. The number of methoxy groups -OCH3 is 1. The standard InChI is InChI=1S/C20H21F3N2O5S/c1-29-18-6-5-16(12-17(18)19(26)25-7-9-30-10-8-25)31(27,28)24-13-14-3-2-4-15(11-14)20(21,22)23/h2-6,11-12,24H,7-10,13H2,1H3. The molecule has 0 atom stereocenters. The molecule has 1 amide bonds. The van der Waals surface area contributed by atoms with Crippen LogP contribution in [0.3, 0.4) is 0 Å². The molecule has 1 aliphatic heterocycles. The van der Waals surface area contributed by atoms with Crippen LogP contribution in [0.25, 0.3) is 0 Å². The molecule has 1 N–H and O–H groups in total. The molecule has 11 heteroatoms. The normalized spacial score (nSPS) is 15.0. The summed E-state index contributed by atoms with van der Waals surface area (Å²) in [6, 6.07) is 8.22. The zero-order valence-electron chi connectivity index (χ0n) is 16.6. The molecule has 1 aliphatic rings. The molecule has 0 aromatic heterocycles. The first-order valence-corrected chi connectivity index (χ1v) is 10.8. The van der Waals surface area contributed by atoms with E-state index < -0.39 is 27.7 Å². The predicted octanol–water partition coefficient (Wildman–Crippen LogP) is 2.66. The summed E-state index contributed by atoms with van der Waals surface area (Å²) < 4.78 is 76.7.